The summed E-state index contributed by atoms with van der Waals surface area (Å²) in [5.41, 5.74) is 1.84. The van der Waals surface area contributed by atoms with Gasteiger partial charge in [-0.15, -0.1) is 0 Å². The van der Waals surface area contributed by atoms with Crippen molar-refractivity contribution in [2.75, 3.05) is 40.3 Å². The molecule has 0 bridgehead atoms. The second-order valence-electron chi connectivity index (χ2n) is 10.5. The zero-order valence-corrected chi connectivity index (χ0v) is 22.3. The van der Waals surface area contributed by atoms with E-state index in [0.717, 1.165) is 25.9 Å². The highest BCUT2D eigenvalue weighted by Crippen LogP contribution is 2.42. The standard InChI is InChI=1S/C31H36FN3O3/c1-21-24(12-9-13-27(21)32)29-25(30(37)22-10-8-11-23(36)18-22)19-35(17-7-6-16-34(2)3)20-26(29)31(38)28-14-4-5-15-33-28/h4-5,8-15,18,25-26,29,36H,6-7,16-17,19-20H2,1-3H3. The van der Waals surface area contributed by atoms with E-state index in [1.165, 1.54) is 18.2 Å². The van der Waals surface area contributed by atoms with Crippen molar-refractivity contribution in [1.82, 2.24) is 14.8 Å². The highest BCUT2D eigenvalue weighted by atomic mass is 19.1. The average molecular weight is 518 g/mol. The van der Waals surface area contributed by atoms with Gasteiger partial charge in [0.1, 0.15) is 17.3 Å². The lowest BCUT2D eigenvalue weighted by Crippen LogP contribution is -2.51. The lowest BCUT2D eigenvalue weighted by atomic mass is 9.68. The maximum atomic E-state index is 14.8. The van der Waals surface area contributed by atoms with E-state index >= 15 is 0 Å². The fourth-order valence-corrected chi connectivity index (χ4v) is 5.57. The van der Waals surface area contributed by atoms with Crippen molar-refractivity contribution in [1.29, 1.82) is 0 Å². The monoisotopic (exact) mass is 517 g/mol. The van der Waals surface area contributed by atoms with Crippen molar-refractivity contribution >= 4 is 11.6 Å². The number of Topliss-reactive ketones (excluding diaryl/α,β-unsaturated/α-hetero) is 2. The van der Waals surface area contributed by atoms with Gasteiger partial charge >= 0.3 is 0 Å². The van der Waals surface area contributed by atoms with Crippen LogP contribution in [0.4, 0.5) is 4.39 Å². The van der Waals surface area contributed by atoms with E-state index in [0.29, 0.717) is 35.5 Å². The van der Waals surface area contributed by atoms with Gasteiger partial charge in [-0.2, -0.15) is 0 Å². The smallest absolute Gasteiger partial charge is 0.186 e. The first-order valence-corrected chi connectivity index (χ1v) is 13.2. The van der Waals surface area contributed by atoms with E-state index in [-0.39, 0.29) is 23.1 Å². The quantitative estimate of drug-likeness (QED) is 0.302. The van der Waals surface area contributed by atoms with Crippen LogP contribution in [0.15, 0.2) is 66.9 Å². The Hall–Kier alpha value is -3.42. The van der Waals surface area contributed by atoms with Gasteiger partial charge in [-0.05, 0) is 88.4 Å². The Kier molecular flexibility index (Phi) is 9.02. The molecule has 38 heavy (non-hydrogen) atoms. The van der Waals surface area contributed by atoms with E-state index in [2.05, 4.69) is 14.8 Å². The molecule has 0 amide bonds. The molecule has 2 aromatic carbocycles. The molecule has 200 valence electrons. The molecule has 6 nitrogen and oxygen atoms in total. The van der Waals surface area contributed by atoms with Crippen LogP contribution in [-0.4, -0.2) is 71.7 Å². The molecule has 0 radical (unpaired) electrons. The summed E-state index contributed by atoms with van der Waals surface area (Å²) in [5, 5.41) is 10.1. The molecular formula is C31H36FN3O3. The first-order chi connectivity index (χ1) is 18.3. The Morgan fingerprint density at radius 3 is 2.42 bits per heavy atom. The summed E-state index contributed by atoms with van der Waals surface area (Å²) < 4.78 is 14.8. The van der Waals surface area contributed by atoms with Crippen molar-refractivity contribution in [3.05, 3.63) is 95.1 Å². The Morgan fingerprint density at radius 2 is 1.74 bits per heavy atom. The average Bonchev–Trinajstić information content (AvgIpc) is 2.92. The molecule has 1 saturated heterocycles. The summed E-state index contributed by atoms with van der Waals surface area (Å²) in [6.45, 7) is 4.32. The summed E-state index contributed by atoms with van der Waals surface area (Å²) in [6.07, 6.45) is 3.52. The maximum absolute atomic E-state index is 14.8. The summed E-state index contributed by atoms with van der Waals surface area (Å²) >= 11 is 0. The number of pyridine rings is 1. The number of phenolic OH excluding ortho intramolecular Hbond substituents is 1. The molecule has 1 aliphatic rings. The van der Waals surface area contributed by atoms with Crippen LogP contribution in [0.1, 0.15) is 50.7 Å². The molecule has 7 heteroatoms. The zero-order chi connectivity index (χ0) is 27.2. The van der Waals surface area contributed by atoms with Crippen LogP contribution in [0.5, 0.6) is 5.75 Å². The molecule has 3 aromatic rings. The normalized spacial score (nSPS) is 20.0. The van der Waals surface area contributed by atoms with Gasteiger partial charge in [0.25, 0.3) is 0 Å². The van der Waals surface area contributed by atoms with Crippen LogP contribution in [0.3, 0.4) is 0 Å². The van der Waals surface area contributed by atoms with Crippen molar-refractivity contribution in [3.63, 3.8) is 0 Å². The van der Waals surface area contributed by atoms with Gasteiger partial charge in [0.15, 0.2) is 11.6 Å². The van der Waals surface area contributed by atoms with Crippen molar-refractivity contribution in [3.8, 4) is 5.75 Å². The largest absolute Gasteiger partial charge is 0.508 e. The number of carbonyl (C=O) groups excluding carboxylic acids is 2. The van der Waals surface area contributed by atoms with Crippen LogP contribution < -0.4 is 0 Å². The molecule has 1 aliphatic heterocycles. The number of nitrogens with zero attached hydrogens (tertiary/aromatic N) is 3. The molecule has 0 aliphatic carbocycles. The summed E-state index contributed by atoms with van der Waals surface area (Å²) in [7, 11) is 4.08. The molecule has 1 N–H and O–H groups in total. The molecule has 2 heterocycles. The number of likely N-dealkylation sites (tertiary alicyclic amines) is 1. The zero-order valence-electron chi connectivity index (χ0n) is 22.3. The fraction of sp³-hybridized carbons (Fsp3) is 0.387. The third-order valence-electron chi connectivity index (χ3n) is 7.50. The van der Waals surface area contributed by atoms with Crippen LogP contribution in [0.25, 0.3) is 0 Å². The first kappa shape index (κ1) is 27.6. The third kappa shape index (κ3) is 6.34. The van der Waals surface area contributed by atoms with E-state index in [4.69, 9.17) is 0 Å². The van der Waals surface area contributed by atoms with Gasteiger partial charge in [-0.25, -0.2) is 4.39 Å². The topological polar surface area (TPSA) is 73.7 Å². The minimum Gasteiger partial charge on any atom is -0.508 e. The minimum atomic E-state index is -0.599. The van der Waals surface area contributed by atoms with E-state index in [1.54, 1.807) is 49.5 Å². The molecule has 3 atom stereocenters. The van der Waals surface area contributed by atoms with Crippen LogP contribution in [-0.2, 0) is 0 Å². The van der Waals surface area contributed by atoms with Gasteiger partial charge < -0.3 is 14.9 Å². The lowest BCUT2D eigenvalue weighted by molar-refractivity contribution is 0.0564. The minimum absolute atomic E-state index is 0.00630. The summed E-state index contributed by atoms with van der Waals surface area (Å²) in [5.74, 6) is -2.38. The highest BCUT2D eigenvalue weighted by molar-refractivity contribution is 6.01. The van der Waals surface area contributed by atoms with Crippen molar-refractivity contribution < 1.29 is 19.1 Å². The number of aromatic nitrogens is 1. The number of carbonyl (C=O) groups is 2. The predicted octanol–water partition coefficient (Wildman–Crippen LogP) is 4.97. The third-order valence-corrected chi connectivity index (χ3v) is 7.50. The van der Waals surface area contributed by atoms with E-state index in [1.807, 2.05) is 20.2 Å². The number of ketones is 2. The second-order valence-corrected chi connectivity index (χ2v) is 10.5. The Morgan fingerprint density at radius 1 is 1.00 bits per heavy atom. The van der Waals surface area contributed by atoms with Crippen LogP contribution >= 0.6 is 0 Å². The van der Waals surface area contributed by atoms with Gasteiger partial charge in [-0.1, -0.05) is 30.3 Å². The van der Waals surface area contributed by atoms with Gasteiger partial charge in [0.2, 0.25) is 0 Å². The lowest BCUT2D eigenvalue weighted by Gasteiger charge is -2.43. The summed E-state index contributed by atoms with van der Waals surface area (Å²) in [6, 6.07) is 16.4. The number of unbranched alkanes of at least 4 members (excludes halogenated alkanes) is 1. The van der Waals surface area contributed by atoms with Crippen molar-refractivity contribution in [2.45, 2.75) is 25.7 Å². The number of hydrogen-bond donors (Lipinski definition) is 1. The molecule has 0 saturated carbocycles. The number of rotatable bonds is 10. The Balaban J connectivity index is 1.77. The van der Waals surface area contributed by atoms with Gasteiger partial charge in [0, 0.05) is 42.6 Å². The number of hydrogen-bond acceptors (Lipinski definition) is 6. The fourth-order valence-electron chi connectivity index (χ4n) is 5.57. The van der Waals surface area contributed by atoms with Crippen molar-refractivity contribution in [2.24, 2.45) is 11.8 Å². The van der Waals surface area contributed by atoms with Crippen LogP contribution in [0.2, 0.25) is 0 Å². The maximum Gasteiger partial charge on any atom is 0.186 e. The Labute approximate surface area is 224 Å². The number of piperidine rings is 1. The second kappa shape index (κ2) is 12.4. The van der Waals surface area contributed by atoms with Crippen LogP contribution in [0, 0.1) is 24.6 Å². The Bertz CT molecular complexity index is 1260. The molecule has 4 rings (SSSR count). The number of aromatic hydroxyl groups is 1. The summed E-state index contributed by atoms with van der Waals surface area (Å²) in [4.78, 5) is 36.6. The molecule has 1 fully saturated rings. The van der Waals surface area contributed by atoms with Gasteiger partial charge in [-0.3, -0.25) is 14.6 Å². The van der Waals surface area contributed by atoms with E-state index < -0.39 is 17.8 Å². The predicted molar refractivity (Wildman–Crippen MR) is 146 cm³/mol. The van der Waals surface area contributed by atoms with E-state index in [9.17, 15) is 19.1 Å². The SMILES string of the molecule is Cc1c(F)cccc1C1C(C(=O)c2cccc(O)c2)CN(CCCCN(C)C)CC1C(=O)c1ccccn1. The number of phenols is 1. The number of benzene rings is 2. The molecule has 0 spiro atoms. The first-order valence-electron chi connectivity index (χ1n) is 13.2. The highest BCUT2D eigenvalue weighted by Gasteiger charge is 2.45. The molecular weight excluding hydrogens is 481 g/mol. The number of halogens is 1. The van der Waals surface area contributed by atoms with Gasteiger partial charge in [0.05, 0.1) is 0 Å². The molecule has 3 unspecified atom stereocenters. The molecule has 1 aromatic heterocycles.